The summed E-state index contributed by atoms with van der Waals surface area (Å²) in [6, 6.07) is 0.213. The minimum Gasteiger partial charge on any atom is -0.444 e. The van der Waals surface area contributed by atoms with E-state index in [2.05, 4.69) is 43.0 Å². The Balaban J connectivity index is 1.73. The minimum atomic E-state index is -0.475. The molecule has 1 amide bonds. The molecule has 1 saturated heterocycles. The van der Waals surface area contributed by atoms with Gasteiger partial charge in [0.1, 0.15) is 10.2 Å². The lowest BCUT2D eigenvalue weighted by Crippen LogP contribution is -2.44. The lowest BCUT2D eigenvalue weighted by Gasteiger charge is -2.33. The van der Waals surface area contributed by atoms with Gasteiger partial charge in [0.15, 0.2) is 11.5 Å². The smallest absolute Gasteiger partial charge is 0.410 e. The summed E-state index contributed by atoms with van der Waals surface area (Å²) in [5, 5.41) is 11.0. The standard InChI is InChI=1S/C18H27BrN6O2S/c1-6-28(5)16-22-14(15-20-11-13(19)25(15)23-16)21-12-7-9-24(10-8-12)17(26)27-18(2,3)4/h6,11-12H,7-10H2,1-5H3,(H,21,22,23). The summed E-state index contributed by atoms with van der Waals surface area (Å²) < 4.78 is 8.04. The van der Waals surface area contributed by atoms with Crippen LogP contribution in [0.3, 0.4) is 0 Å². The summed E-state index contributed by atoms with van der Waals surface area (Å²) in [4.78, 5) is 23.2. The van der Waals surface area contributed by atoms with E-state index in [0.29, 0.717) is 18.7 Å². The van der Waals surface area contributed by atoms with Crippen molar-refractivity contribution in [2.45, 2.75) is 57.3 Å². The number of carbonyl (C=O) groups excluding carboxylic acids is 1. The molecule has 0 aliphatic carbocycles. The molecule has 1 fully saturated rings. The molecule has 1 aliphatic heterocycles. The monoisotopic (exact) mass is 470 g/mol. The molecule has 1 aliphatic rings. The fraction of sp³-hybridized carbons (Fsp3) is 0.611. The number of nitrogens with one attached hydrogen (secondary N) is 1. The first-order valence-corrected chi connectivity index (χ1v) is 11.8. The number of ether oxygens (including phenoxy) is 1. The third-order valence-electron chi connectivity index (χ3n) is 4.43. The van der Waals surface area contributed by atoms with E-state index in [-0.39, 0.29) is 22.6 Å². The van der Waals surface area contributed by atoms with Crippen LogP contribution in [0.4, 0.5) is 10.6 Å². The molecular weight excluding hydrogens is 444 g/mol. The SMILES string of the molecule is C/C=S(/C)c1nc(NC2CCN(C(=O)OC(C)(C)C)CC2)c2ncc(Br)n2n1. The summed E-state index contributed by atoms with van der Waals surface area (Å²) in [7, 11) is -0.153. The highest BCUT2D eigenvalue weighted by molar-refractivity contribution is 9.10. The Bertz CT molecular complexity index is 899. The van der Waals surface area contributed by atoms with Crippen molar-refractivity contribution >= 4 is 49.3 Å². The van der Waals surface area contributed by atoms with Crippen LogP contribution in [0, 0.1) is 0 Å². The summed E-state index contributed by atoms with van der Waals surface area (Å²) >= 11 is 3.50. The van der Waals surface area contributed by atoms with E-state index in [1.807, 2.05) is 27.7 Å². The second-order valence-electron chi connectivity index (χ2n) is 7.74. The topological polar surface area (TPSA) is 84.7 Å². The van der Waals surface area contributed by atoms with Crippen LogP contribution in [0.25, 0.3) is 5.65 Å². The number of imidazole rings is 1. The Morgan fingerprint density at radius 3 is 2.68 bits per heavy atom. The van der Waals surface area contributed by atoms with Gasteiger partial charge in [0.2, 0.25) is 5.16 Å². The molecule has 0 radical (unpaired) electrons. The summed E-state index contributed by atoms with van der Waals surface area (Å²) in [6.07, 6.45) is 5.22. The van der Waals surface area contributed by atoms with Crippen molar-refractivity contribution in [3.8, 4) is 0 Å². The third kappa shape index (κ3) is 4.83. The van der Waals surface area contributed by atoms with Gasteiger partial charge in [-0.25, -0.2) is 19.3 Å². The van der Waals surface area contributed by atoms with Crippen LogP contribution in [0.5, 0.6) is 0 Å². The number of rotatable bonds is 3. The Morgan fingerprint density at radius 1 is 1.39 bits per heavy atom. The first-order chi connectivity index (χ1) is 13.2. The molecule has 1 N–H and O–H groups in total. The first kappa shape index (κ1) is 21.0. The van der Waals surface area contributed by atoms with Gasteiger partial charge in [-0.2, -0.15) is 0 Å². The average Bonchev–Trinajstić information content (AvgIpc) is 3.01. The Morgan fingerprint density at radius 2 is 2.07 bits per heavy atom. The number of hydrogen-bond acceptors (Lipinski definition) is 6. The zero-order chi connectivity index (χ0) is 20.5. The van der Waals surface area contributed by atoms with Crippen LogP contribution in [-0.4, -0.2) is 66.9 Å². The van der Waals surface area contributed by atoms with Crippen molar-refractivity contribution < 1.29 is 9.53 Å². The predicted octanol–water partition coefficient (Wildman–Crippen LogP) is 3.78. The number of likely N-dealkylation sites (tertiary alicyclic amines) is 1. The summed E-state index contributed by atoms with van der Waals surface area (Å²) in [6.45, 7) is 8.97. The van der Waals surface area contributed by atoms with Gasteiger partial charge in [-0.15, -0.1) is 15.6 Å². The molecule has 0 spiro atoms. The van der Waals surface area contributed by atoms with E-state index in [0.717, 1.165) is 28.4 Å². The largest absolute Gasteiger partial charge is 0.444 e. The Hall–Kier alpha value is -1.68. The predicted molar refractivity (Wildman–Crippen MR) is 116 cm³/mol. The van der Waals surface area contributed by atoms with Crippen molar-refractivity contribution in [2.24, 2.45) is 0 Å². The molecule has 10 heteroatoms. The molecule has 0 bridgehead atoms. The van der Waals surface area contributed by atoms with E-state index in [1.165, 1.54) is 0 Å². The van der Waals surface area contributed by atoms with Crippen LogP contribution in [0.1, 0.15) is 40.5 Å². The lowest BCUT2D eigenvalue weighted by atomic mass is 10.1. The zero-order valence-corrected chi connectivity index (χ0v) is 19.3. The molecule has 8 nitrogen and oxygen atoms in total. The first-order valence-electron chi connectivity index (χ1n) is 9.28. The highest BCUT2D eigenvalue weighted by atomic mass is 79.9. The van der Waals surface area contributed by atoms with Crippen molar-refractivity contribution in [3.05, 3.63) is 10.8 Å². The van der Waals surface area contributed by atoms with E-state index >= 15 is 0 Å². The molecule has 2 aromatic heterocycles. The van der Waals surface area contributed by atoms with Gasteiger partial charge in [-0.3, -0.25) is 0 Å². The Kier molecular flexibility index (Phi) is 6.28. The molecule has 28 heavy (non-hydrogen) atoms. The zero-order valence-electron chi connectivity index (χ0n) is 16.9. The van der Waals surface area contributed by atoms with E-state index in [4.69, 9.17) is 9.72 Å². The normalized spacial score (nSPS) is 17.1. The van der Waals surface area contributed by atoms with Crippen LogP contribution in [-0.2, 0) is 4.74 Å². The maximum absolute atomic E-state index is 12.3. The van der Waals surface area contributed by atoms with Gasteiger partial charge in [0.25, 0.3) is 0 Å². The van der Waals surface area contributed by atoms with E-state index in [9.17, 15) is 4.79 Å². The number of nitrogens with zero attached hydrogens (tertiary/aromatic N) is 5. The van der Waals surface area contributed by atoms with Gasteiger partial charge < -0.3 is 15.0 Å². The van der Waals surface area contributed by atoms with Crippen molar-refractivity contribution in [2.75, 3.05) is 24.7 Å². The second kappa shape index (κ2) is 8.36. The fourth-order valence-corrected chi connectivity index (χ4v) is 3.91. The average molecular weight is 471 g/mol. The van der Waals surface area contributed by atoms with Crippen molar-refractivity contribution in [1.82, 2.24) is 24.5 Å². The Labute approximate surface area is 176 Å². The summed E-state index contributed by atoms with van der Waals surface area (Å²) in [5.41, 5.74) is 0.218. The molecule has 2 aromatic rings. The molecule has 1 atom stereocenters. The van der Waals surface area contributed by atoms with Crippen LogP contribution >= 0.6 is 26.4 Å². The van der Waals surface area contributed by atoms with Gasteiger partial charge in [0, 0.05) is 19.1 Å². The number of hydrogen-bond donors (Lipinski definition) is 1. The van der Waals surface area contributed by atoms with Gasteiger partial charge in [-0.1, -0.05) is 5.37 Å². The molecule has 0 aromatic carbocycles. The lowest BCUT2D eigenvalue weighted by molar-refractivity contribution is 0.0210. The van der Waals surface area contributed by atoms with Crippen molar-refractivity contribution in [1.29, 1.82) is 0 Å². The quantitative estimate of drug-likeness (QED) is 0.686. The number of halogens is 1. The number of carbonyl (C=O) groups is 1. The highest BCUT2D eigenvalue weighted by Gasteiger charge is 2.27. The van der Waals surface area contributed by atoms with Gasteiger partial charge >= 0.3 is 6.09 Å². The van der Waals surface area contributed by atoms with E-state index in [1.54, 1.807) is 15.6 Å². The molecule has 154 valence electrons. The van der Waals surface area contributed by atoms with Crippen LogP contribution < -0.4 is 5.32 Å². The number of piperidine rings is 1. The number of aromatic nitrogens is 4. The molecule has 3 rings (SSSR count). The molecule has 0 saturated carbocycles. The van der Waals surface area contributed by atoms with Crippen LogP contribution in [0.15, 0.2) is 16.0 Å². The maximum atomic E-state index is 12.3. The van der Waals surface area contributed by atoms with Gasteiger partial charge in [-0.05, 0) is 62.7 Å². The maximum Gasteiger partial charge on any atom is 0.410 e. The number of amides is 1. The fourth-order valence-electron chi connectivity index (χ4n) is 2.90. The highest BCUT2D eigenvalue weighted by Crippen LogP contribution is 2.26. The van der Waals surface area contributed by atoms with Crippen molar-refractivity contribution in [3.63, 3.8) is 0 Å². The van der Waals surface area contributed by atoms with Gasteiger partial charge in [0.05, 0.1) is 6.20 Å². The third-order valence-corrected chi connectivity index (χ3v) is 6.43. The second-order valence-corrected chi connectivity index (χ2v) is 10.5. The van der Waals surface area contributed by atoms with E-state index < -0.39 is 5.60 Å². The summed E-state index contributed by atoms with van der Waals surface area (Å²) in [5.74, 6) is 0.729. The minimum absolute atomic E-state index is 0.153. The molecule has 3 heterocycles. The number of fused-ring (bicyclic) bond motifs is 1. The number of anilines is 1. The van der Waals surface area contributed by atoms with Crippen LogP contribution in [0.2, 0.25) is 0 Å². The molecule has 1 unspecified atom stereocenters. The molecular formula is C18H27BrN6O2S.